The van der Waals surface area contributed by atoms with Gasteiger partial charge in [0.05, 0.1) is 0 Å². The predicted molar refractivity (Wildman–Crippen MR) is 49.5 cm³/mol. The van der Waals surface area contributed by atoms with Gasteiger partial charge in [-0.2, -0.15) is 30.5 Å². The molecular weight excluding hydrogens is 188 g/mol. The summed E-state index contributed by atoms with van der Waals surface area (Å²) in [5.41, 5.74) is 1.34. The van der Waals surface area contributed by atoms with E-state index in [1.54, 1.807) is 0 Å². The van der Waals surface area contributed by atoms with E-state index in [0.29, 0.717) is 0 Å². The molecule has 0 aliphatic heterocycles. The first-order chi connectivity index (χ1) is 5.39. The zero-order valence-electron chi connectivity index (χ0n) is 7.57. The van der Waals surface area contributed by atoms with Crippen molar-refractivity contribution in [3.63, 3.8) is 0 Å². The molecule has 0 saturated heterocycles. The van der Waals surface area contributed by atoms with Crippen LogP contribution in [0.1, 0.15) is 31.2 Å². The molecule has 1 heteroatoms. The average molecular weight is 204 g/mol. The van der Waals surface area contributed by atoms with Gasteiger partial charge < -0.3 is 6.42 Å². The van der Waals surface area contributed by atoms with Gasteiger partial charge in [0.15, 0.2) is 0 Å². The summed E-state index contributed by atoms with van der Waals surface area (Å²) in [6.45, 7) is 2.08. The van der Waals surface area contributed by atoms with Gasteiger partial charge in [-0.25, -0.2) is 12.1 Å². The maximum Gasteiger partial charge on any atom is 2.00 e. The van der Waals surface area contributed by atoms with Crippen LogP contribution in [-0.2, 0) is 17.1 Å². The molecule has 2 rings (SSSR count). The average Bonchev–Trinajstić information content (AvgIpc) is 2.57. The summed E-state index contributed by atoms with van der Waals surface area (Å²) in [5, 5.41) is 0. The topological polar surface area (TPSA) is 0 Å². The molecule has 0 nitrogen and oxygen atoms in total. The molecule has 0 heterocycles. The van der Waals surface area contributed by atoms with E-state index in [9.17, 15) is 0 Å². The molecule has 0 radical (unpaired) electrons. The van der Waals surface area contributed by atoms with Crippen molar-refractivity contribution in [3.05, 3.63) is 36.2 Å². The minimum atomic E-state index is 0. The number of rotatable bonds is 0. The van der Waals surface area contributed by atoms with Crippen molar-refractivity contribution in [2.24, 2.45) is 0 Å². The van der Waals surface area contributed by atoms with Crippen molar-refractivity contribution in [2.75, 3.05) is 0 Å². The summed E-state index contributed by atoms with van der Waals surface area (Å²) in [6.07, 6.45) is 8.00. The first kappa shape index (κ1) is 11.9. The zero-order valence-corrected chi connectivity index (χ0v) is 8.67. The van der Waals surface area contributed by atoms with Crippen molar-refractivity contribution in [1.29, 1.82) is 0 Å². The summed E-state index contributed by atoms with van der Waals surface area (Å²) in [7, 11) is 0. The Labute approximate surface area is 86.2 Å². The van der Waals surface area contributed by atoms with Crippen LogP contribution in [0.15, 0.2) is 24.3 Å². The van der Waals surface area contributed by atoms with Crippen LogP contribution < -0.4 is 0 Å². The fourth-order valence-electron chi connectivity index (χ4n) is 1.19. The molecule has 0 amide bonds. The Morgan fingerprint density at radius 3 is 2.08 bits per heavy atom. The van der Waals surface area contributed by atoms with E-state index in [1.807, 2.05) is 12.1 Å². The first-order valence-electron chi connectivity index (χ1n) is 4.39. The van der Waals surface area contributed by atoms with Crippen molar-refractivity contribution >= 4 is 0 Å². The standard InChI is InChI=1S/C6H7.C5H9.Fe/c1-6-4-2-3-5-6;1-2-4-5-3-1;/h2-5H,1H3;1H,2-5H2;/q2*-1;+2. The van der Waals surface area contributed by atoms with Gasteiger partial charge in [-0.1, -0.05) is 19.8 Å². The third kappa shape index (κ3) is 5.51. The van der Waals surface area contributed by atoms with Crippen LogP contribution in [0.4, 0.5) is 0 Å². The van der Waals surface area contributed by atoms with Gasteiger partial charge in [0.2, 0.25) is 0 Å². The van der Waals surface area contributed by atoms with Gasteiger partial charge in [0.1, 0.15) is 0 Å². The third-order valence-corrected chi connectivity index (χ3v) is 1.90. The van der Waals surface area contributed by atoms with E-state index >= 15 is 0 Å². The van der Waals surface area contributed by atoms with E-state index in [4.69, 9.17) is 0 Å². The second-order valence-electron chi connectivity index (χ2n) is 3.04. The molecule has 12 heavy (non-hydrogen) atoms. The minimum Gasteiger partial charge on any atom is -0.328 e. The molecule has 1 aliphatic carbocycles. The molecule has 0 unspecified atom stereocenters. The smallest absolute Gasteiger partial charge is 0.328 e. The number of aryl methyl sites for hydroxylation is 1. The summed E-state index contributed by atoms with van der Waals surface area (Å²) in [6, 6.07) is 8.24. The van der Waals surface area contributed by atoms with Gasteiger partial charge in [0.25, 0.3) is 0 Å². The second-order valence-corrected chi connectivity index (χ2v) is 3.04. The number of hydrogen-bond donors (Lipinski definition) is 0. The van der Waals surface area contributed by atoms with Crippen LogP contribution in [0.3, 0.4) is 0 Å². The van der Waals surface area contributed by atoms with Crippen molar-refractivity contribution in [3.8, 4) is 0 Å². The fraction of sp³-hybridized carbons (Fsp3) is 0.455. The van der Waals surface area contributed by atoms with E-state index in [1.165, 1.54) is 31.2 Å². The molecular formula is C11H16Fe. The molecule has 1 saturated carbocycles. The molecule has 0 atom stereocenters. The Hall–Kier alpha value is -0.131. The minimum absolute atomic E-state index is 0. The third-order valence-electron chi connectivity index (χ3n) is 1.90. The maximum absolute atomic E-state index is 2.36. The van der Waals surface area contributed by atoms with Gasteiger partial charge in [0, 0.05) is 0 Å². The fourth-order valence-corrected chi connectivity index (χ4v) is 1.19. The summed E-state index contributed by atoms with van der Waals surface area (Å²) in [4.78, 5) is 0. The van der Waals surface area contributed by atoms with Gasteiger partial charge in [-0.15, -0.1) is 0 Å². The molecule has 0 N–H and O–H groups in total. The molecule has 1 aromatic carbocycles. The van der Waals surface area contributed by atoms with Gasteiger partial charge in [-0.3, -0.25) is 0 Å². The van der Waals surface area contributed by atoms with Crippen LogP contribution in [-0.4, -0.2) is 0 Å². The Balaban J connectivity index is 0.000000189. The quantitative estimate of drug-likeness (QED) is 0.448. The summed E-state index contributed by atoms with van der Waals surface area (Å²) < 4.78 is 0. The predicted octanol–water partition coefficient (Wildman–Crippen LogP) is 3.48. The van der Waals surface area contributed by atoms with Crippen LogP contribution in [0, 0.1) is 13.3 Å². The van der Waals surface area contributed by atoms with Crippen molar-refractivity contribution < 1.29 is 17.1 Å². The van der Waals surface area contributed by atoms with Crippen molar-refractivity contribution in [1.82, 2.24) is 0 Å². The number of hydrogen-bond acceptors (Lipinski definition) is 0. The van der Waals surface area contributed by atoms with E-state index in [2.05, 4.69) is 25.5 Å². The van der Waals surface area contributed by atoms with Gasteiger partial charge >= 0.3 is 17.1 Å². The molecule has 0 bridgehead atoms. The Morgan fingerprint density at radius 1 is 1.25 bits per heavy atom. The molecule has 1 aliphatic rings. The monoisotopic (exact) mass is 204 g/mol. The van der Waals surface area contributed by atoms with E-state index in [-0.39, 0.29) is 17.1 Å². The van der Waals surface area contributed by atoms with E-state index in [0.717, 1.165) is 0 Å². The summed E-state index contributed by atoms with van der Waals surface area (Å²) >= 11 is 0. The van der Waals surface area contributed by atoms with Crippen LogP contribution >= 0.6 is 0 Å². The van der Waals surface area contributed by atoms with Crippen LogP contribution in [0.2, 0.25) is 0 Å². The molecule has 68 valence electrons. The van der Waals surface area contributed by atoms with E-state index < -0.39 is 0 Å². The molecule has 0 spiro atoms. The summed E-state index contributed by atoms with van der Waals surface area (Å²) in [5.74, 6) is 0. The Bertz CT molecular complexity index is 154. The SMILES string of the molecule is Cc1ccc[cH-]1.[CH-]1CCCC1.[Fe+2]. The largest absolute Gasteiger partial charge is 2.00 e. The zero-order chi connectivity index (χ0) is 7.94. The van der Waals surface area contributed by atoms with Crippen molar-refractivity contribution in [2.45, 2.75) is 32.6 Å². The first-order valence-corrected chi connectivity index (χ1v) is 4.39. The molecule has 1 fully saturated rings. The van der Waals surface area contributed by atoms with Crippen LogP contribution in [0.5, 0.6) is 0 Å². The molecule has 1 aromatic rings. The van der Waals surface area contributed by atoms with Crippen LogP contribution in [0.25, 0.3) is 0 Å². The second kappa shape index (κ2) is 7.52. The Morgan fingerprint density at radius 2 is 1.92 bits per heavy atom. The van der Waals surface area contributed by atoms with Gasteiger partial charge in [-0.05, 0) is 0 Å². The maximum atomic E-state index is 2.36. The molecule has 0 aromatic heterocycles. The normalized spacial score (nSPS) is 14.4. The Kier molecular flexibility index (Phi) is 7.43.